The van der Waals surface area contributed by atoms with E-state index in [1.54, 1.807) is 13.8 Å². The van der Waals surface area contributed by atoms with E-state index < -0.39 is 5.97 Å². The lowest BCUT2D eigenvalue weighted by Gasteiger charge is -2.27. The summed E-state index contributed by atoms with van der Waals surface area (Å²) in [5.41, 5.74) is 0.489. The molecule has 1 N–H and O–H groups in total. The van der Waals surface area contributed by atoms with Gasteiger partial charge >= 0.3 is 11.9 Å². The van der Waals surface area contributed by atoms with Crippen LogP contribution in [0.4, 0.5) is 0 Å². The van der Waals surface area contributed by atoms with Crippen LogP contribution in [-0.4, -0.2) is 44.9 Å². The Hall–Kier alpha value is -2.97. The molecule has 0 radical (unpaired) electrons. The Bertz CT molecular complexity index is 817. The first kappa shape index (κ1) is 18.8. The predicted octanol–water partition coefficient (Wildman–Crippen LogP) is 2.64. The van der Waals surface area contributed by atoms with Gasteiger partial charge in [0.2, 0.25) is 11.6 Å². The van der Waals surface area contributed by atoms with Gasteiger partial charge < -0.3 is 19.1 Å². The number of carbonyl (C=O) groups is 2. The number of carboxylic acids is 1. The third-order valence-corrected chi connectivity index (χ3v) is 4.47. The topological polar surface area (TPSA) is 125 Å². The molecule has 1 unspecified atom stereocenters. The van der Waals surface area contributed by atoms with Crippen LogP contribution in [0.1, 0.15) is 48.7 Å². The summed E-state index contributed by atoms with van der Waals surface area (Å²) in [6.07, 6.45) is 5.72. The number of carbonyl (C=O) groups excluding carboxylic acids is 1. The van der Waals surface area contributed by atoms with Crippen molar-refractivity contribution in [3.05, 3.63) is 23.7 Å². The number of nitrogens with zero attached hydrogens (tertiary/aromatic N) is 3. The normalized spacial score (nSPS) is 19.5. The number of hydrogen-bond acceptors (Lipinski definition) is 8. The predicted molar refractivity (Wildman–Crippen MR) is 92.2 cm³/mol. The summed E-state index contributed by atoms with van der Waals surface area (Å²) >= 11 is 0. The van der Waals surface area contributed by atoms with Crippen molar-refractivity contribution in [2.45, 2.75) is 45.6 Å². The molecule has 0 bridgehead atoms. The van der Waals surface area contributed by atoms with Crippen molar-refractivity contribution in [2.24, 2.45) is 5.92 Å². The average Bonchev–Trinajstić information content (AvgIpc) is 3.04. The van der Waals surface area contributed by atoms with Crippen molar-refractivity contribution >= 4 is 11.9 Å². The van der Waals surface area contributed by atoms with Crippen molar-refractivity contribution in [3.63, 3.8) is 0 Å². The summed E-state index contributed by atoms with van der Waals surface area (Å²) in [6, 6.07) is 0. The quantitative estimate of drug-likeness (QED) is 0.758. The van der Waals surface area contributed by atoms with Crippen LogP contribution in [0.25, 0.3) is 11.5 Å². The van der Waals surface area contributed by atoms with Crippen molar-refractivity contribution in [1.82, 2.24) is 15.1 Å². The van der Waals surface area contributed by atoms with Gasteiger partial charge in [0.05, 0.1) is 30.6 Å². The number of hydrogen-bond donors (Lipinski definition) is 1. The lowest BCUT2D eigenvalue weighted by Crippen LogP contribution is -2.31. The van der Waals surface area contributed by atoms with E-state index in [2.05, 4.69) is 15.1 Å². The molecule has 1 fully saturated rings. The van der Waals surface area contributed by atoms with Crippen LogP contribution in [0.3, 0.4) is 0 Å². The van der Waals surface area contributed by atoms with E-state index in [0.717, 1.165) is 19.3 Å². The molecule has 2 aromatic rings. The number of aryl methyl sites for hydroxylation is 1. The van der Waals surface area contributed by atoms with Gasteiger partial charge in [-0.15, -0.1) is 0 Å². The first-order chi connectivity index (χ1) is 13.0. The van der Waals surface area contributed by atoms with Crippen molar-refractivity contribution in [2.75, 3.05) is 6.61 Å². The minimum atomic E-state index is -1.14. The number of aromatic carboxylic acids is 1. The van der Waals surface area contributed by atoms with Crippen LogP contribution in [0, 0.1) is 12.8 Å². The van der Waals surface area contributed by atoms with Gasteiger partial charge in [-0.25, -0.2) is 14.8 Å². The number of ether oxygens (including phenoxy) is 2. The fraction of sp³-hybridized carbons (Fsp3) is 0.500. The second kappa shape index (κ2) is 8.15. The Morgan fingerprint density at radius 3 is 2.78 bits per heavy atom. The highest BCUT2D eigenvalue weighted by Crippen LogP contribution is 2.29. The van der Waals surface area contributed by atoms with Crippen LogP contribution < -0.4 is 4.74 Å². The Labute approximate surface area is 155 Å². The first-order valence-corrected chi connectivity index (χ1v) is 8.84. The second-order valence-electron chi connectivity index (χ2n) is 6.37. The van der Waals surface area contributed by atoms with Gasteiger partial charge in [-0.2, -0.15) is 0 Å². The third kappa shape index (κ3) is 4.24. The molecule has 0 aromatic carbocycles. The molecule has 9 heteroatoms. The molecule has 0 saturated heterocycles. The largest absolute Gasteiger partial charge is 0.477 e. The highest BCUT2D eigenvalue weighted by atomic mass is 16.5. The zero-order valence-electron chi connectivity index (χ0n) is 15.2. The molecule has 2 aromatic heterocycles. The van der Waals surface area contributed by atoms with Gasteiger partial charge in [-0.1, -0.05) is 5.16 Å². The van der Waals surface area contributed by atoms with E-state index in [9.17, 15) is 14.7 Å². The number of aromatic nitrogens is 3. The average molecular weight is 375 g/mol. The molecule has 27 heavy (non-hydrogen) atoms. The summed E-state index contributed by atoms with van der Waals surface area (Å²) in [5.74, 6) is -1.13. The number of esters is 1. The van der Waals surface area contributed by atoms with Crippen LogP contribution in [0.2, 0.25) is 0 Å². The summed E-state index contributed by atoms with van der Waals surface area (Å²) in [4.78, 5) is 31.6. The van der Waals surface area contributed by atoms with E-state index >= 15 is 0 Å². The highest BCUT2D eigenvalue weighted by molar-refractivity contribution is 5.94. The number of carboxylic acid groups (broad SMARTS) is 1. The van der Waals surface area contributed by atoms with Gasteiger partial charge in [0.1, 0.15) is 17.4 Å². The highest BCUT2D eigenvalue weighted by Gasteiger charge is 2.30. The van der Waals surface area contributed by atoms with Gasteiger partial charge in [0.25, 0.3) is 0 Å². The Balaban J connectivity index is 1.68. The smallest absolute Gasteiger partial charge is 0.341 e. The molecule has 144 valence electrons. The van der Waals surface area contributed by atoms with E-state index in [-0.39, 0.29) is 40.7 Å². The fourth-order valence-corrected chi connectivity index (χ4v) is 3.19. The lowest BCUT2D eigenvalue weighted by atomic mass is 9.87. The van der Waals surface area contributed by atoms with Gasteiger partial charge in [-0.3, -0.25) is 4.79 Å². The van der Waals surface area contributed by atoms with Gasteiger partial charge in [0.15, 0.2) is 0 Å². The summed E-state index contributed by atoms with van der Waals surface area (Å²) in [5, 5.41) is 12.9. The van der Waals surface area contributed by atoms with Crippen molar-refractivity contribution in [1.29, 1.82) is 0 Å². The first-order valence-electron chi connectivity index (χ1n) is 8.84. The van der Waals surface area contributed by atoms with E-state index in [4.69, 9.17) is 14.0 Å². The monoisotopic (exact) mass is 375 g/mol. The van der Waals surface area contributed by atoms with E-state index in [0.29, 0.717) is 18.9 Å². The zero-order valence-corrected chi connectivity index (χ0v) is 15.2. The molecule has 0 amide bonds. The molecule has 0 spiro atoms. The van der Waals surface area contributed by atoms with Crippen LogP contribution >= 0.6 is 0 Å². The molecular weight excluding hydrogens is 354 g/mol. The maximum Gasteiger partial charge on any atom is 0.341 e. The minimum absolute atomic E-state index is 0.0393. The molecule has 9 nitrogen and oxygen atoms in total. The second-order valence-corrected chi connectivity index (χ2v) is 6.37. The molecule has 1 saturated carbocycles. The van der Waals surface area contributed by atoms with Crippen LogP contribution in [0.15, 0.2) is 16.9 Å². The molecule has 2 atom stereocenters. The molecule has 1 aliphatic carbocycles. The lowest BCUT2D eigenvalue weighted by molar-refractivity contribution is -0.150. The van der Waals surface area contributed by atoms with E-state index in [1.807, 2.05) is 0 Å². The Kier molecular flexibility index (Phi) is 5.68. The summed E-state index contributed by atoms with van der Waals surface area (Å²) in [6.45, 7) is 3.70. The maximum absolute atomic E-state index is 11.9. The van der Waals surface area contributed by atoms with Crippen molar-refractivity contribution in [3.8, 4) is 17.3 Å². The Morgan fingerprint density at radius 2 is 2.11 bits per heavy atom. The zero-order chi connectivity index (χ0) is 19.4. The fourth-order valence-electron chi connectivity index (χ4n) is 3.19. The maximum atomic E-state index is 11.9. The standard InChI is InChI=1S/C18H21N3O6/c1-3-25-18(24)11-5-4-6-12(7-11)26-14-9-19-13(8-20-14)16-15(17(22)23)10(2)21-27-16/h8-9,11-12H,3-7H2,1-2H3,(H,22,23)/t11-,12?/m0/s1. The molecule has 3 rings (SSSR count). The number of rotatable bonds is 6. The molecule has 0 aliphatic heterocycles. The van der Waals surface area contributed by atoms with Crippen LogP contribution in [-0.2, 0) is 9.53 Å². The Morgan fingerprint density at radius 1 is 1.30 bits per heavy atom. The SMILES string of the molecule is CCOC(=O)[C@H]1CCCC(Oc2cnc(-c3onc(C)c3C(=O)O)cn2)C1. The molecule has 2 heterocycles. The third-order valence-electron chi connectivity index (χ3n) is 4.47. The van der Waals surface area contributed by atoms with E-state index in [1.165, 1.54) is 12.4 Å². The van der Waals surface area contributed by atoms with Gasteiger partial charge in [-0.05, 0) is 39.5 Å². The summed E-state index contributed by atoms with van der Waals surface area (Å²) in [7, 11) is 0. The minimum Gasteiger partial charge on any atom is -0.477 e. The molecular formula is C18H21N3O6. The molecule has 1 aliphatic rings. The van der Waals surface area contributed by atoms with Crippen LogP contribution in [0.5, 0.6) is 5.88 Å². The van der Waals surface area contributed by atoms with Crippen molar-refractivity contribution < 1.29 is 28.7 Å². The van der Waals surface area contributed by atoms with Gasteiger partial charge in [0, 0.05) is 0 Å². The summed E-state index contributed by atoms with van der Waals surface area (Å²) < 4.78 is 16.0.